The van der Waals surface area contributed by atoms with E-state index in [1.807, 2.05) is 43.7 Å². The molecule has 5 nitrogen and oxygen atoms in total. The largest absolute Gasteiger partial charge is 0.356 e. The summed E-state index contributed by atoms with van der Waals surface area (Å²) in [6.45, 7) is 1.44. The van der Waals surface area contributed by atoms with E-state index in [2.05, 4.69) is 20.7 Å². The Morgan fingerprint density at radius 3 is 2.73 bits per heavy atom. The first-order valence-corrected chi connectivity index (χ1v) is 7.22. The van der Waals surface area contributed by atoms with Crippen LogP contribution in [0.3, 0.4) is 0 Å². The molecule has 2 aromatic rings. The summed E-state index contributed by atoms with van der Waals surface area (Å²) in [6.07, 6.45) is 4.80. The first-order valence-electron chi connectivity index (χ1n) is 6.84. The molecule has 120 valence electrons. The number of hydrogen-bond acceptors (Lipinski definition) is 2. The fraction of sp³-hybridized carbons (Fsp3) is 0.333. The molecule has 0 aliphatic carbocycles. The predicted octanol–water partition coefficient (Wildman–Crippen LogP) is 2.60. The van der Waals surface area contributed by atoms with Gasteiger partial charge >= 0.3 is 0 Å². The molecule has 0 spiro atoms. The highest BCUT2D eigenvalue weighted by Gasteiger charge is 2.02. The summed E-state index contributed by atoms with van der Waals surface area (Å²) in [6, 6.07) is 7.78. The van der Waals surface area contributed by atoms with Crippen molar-refractivity contribution in [3.8, 4) is 0 Å². The molecule has 22 heavy (non-hydrogen) atoms. The summed E-state index contributed by atoms with van der Waals surface area (Å²) in [5, 5.41) is 11.4. The van der Waals surface area contributed by atoms with Crippen molar-refractivity contribution < 1.29 is 0 Å². The fourth-order valence-electron chi connectivity index (χ4n) is 1.97. The Morgan fingerprint density at radius 1 is 1.32 bits per heavy atom. The van der Waals surface area contributed by atoms with Crippen LogP contribution in [0.15, 0.2) is 41.7 Å². The summed E-state index contributed by atoms with van der Waals surface area (Å²) in [4.78, 5) is 4.20. The monoisotopic (exact) mass is 433 g/mol. The van der Waals surface area contributed by atoms with Crippen molar-refractivity contribution in [2.24, 2.45) is 12.0 Å². The first kappa shape index (κ1) is 18.8. The molecular weight excluding hydrogens is 413 g/mol. The molecule has 1 heterocycles. The molecule has 0 atom stereocenters. The van der Waals surface area contributed by atoms with Crippen LogP contribution in [0.2, 0.25) is 5.02 Å². The summed E-state index contributed by atoms with van der Waals surface area (Å²) in [5.74, 6) is 0.763. The van der Waals surface area contributed by atoms with Gasteiger partial charge in [0, 0.05) is 38.4 Å². The number of rotatable bonds is 5. The topological polar surface area (TPSA) is 54.2 Å². The Kier molecular flexibility index (Phi) is 8.26. The van der Waals surface area contributed by atoms with Crippen LogP contribution in [0.4, 0.5) is 0 Å². The molecule has 1 aromatic carbocycles. The Labute approximate surface area is 153 Å². The molecule has 2 N–H and O–H groups in total. The second kappa shape index (κ2) is 9.68. The van der Waals surface area contributed by atoms with E-state index in [4.69, 9.17) is 11.6 Å². The molecule has 7 heteroatoms. The van der Waals surface area contributed by atoms with Crippen LogP contribution >= 0.6 is 35.6 Å². The van der Waals surface area contributed by atoms with Gasteiger partial charge in [-0.25, -0.2) is 0 Å². The highest BCUT2D eigenvalue weighted by atomic mass is 127. The number of aromatic nitrogens is 2. The van der Waals surface area contributed by atoms with E-state index >= 15 is 0 Å². The van der Waals surface area contributed by atoms with Gasteiger partial charge < -0.3 is 10.6 Å². The Morgan fingerprint density at radius 2 is 2.09 bits per heavy atom. The highest BCUT2D eigenvalue weighted by Crippen LogP contribution is 2.14. The molecule has 0 radical (unpaired) electrons. The molecular formula is C15H21ClIN5. The number of nitrogens with zero attached hydrogens (tertiary/aromatic N) is 3. The summed E-state index contributed by atoms with van der Waals surface area (Å²) in [5.41, 5.74) is 2.25. The second-order valence-corrected chi connectivity index (χ2v) is 5.12. The minimum absolute atomic E-state index is 0. The average Bonchev–Trinajstić information content (AvgIpc) is 2.90. The van der Waals surface area contributed by atoms with Crippen molar-refractivity contribution in [1.82, 2.24) is 20.4 Å². The number of aliphatic imine (C=N–C) groups is 1. The lowest BCUT2D eigenvalue weighted by atomic mass is 10.2. The number of benzene rings is 1. The molecule has 0 aliphatic heterocycles. The molecule has 0 aliphatic rings. The third kappa shape index (κ3) is 5.84. The molecule has 0 fully saturated rings. The minimum Gasteiger partial charge on any atom is -0.356 e. The zero-order chi connectivity index (χ0) is 15.1. The summed E-state index contributed by atoms with van der Waals surface area (Å²) in [7, 11) is 3.67. The maximum atomic E-state index is 6.13. The number of guanidine groups is 1. The quantitative estimate of drug-likeness (QED) is 0.433. The number of hydrogen-bond donors (Lipinski definition) is 2. The fourth-order valence-corrected chi connectivity index (χ4v) is 2.17. The number of halogens is 2. The number of aryl methyl sites for hydroxylation is 1. The van der Waals surface area contributed by atoms with Gasteiger partial charge in [0.05, 0.1) is 6.20 Å². The SMILES string of the molecule is CN=C(NCCc1cnn(C)c1)NCc1ccccc1Cl.I. The molecule has 0 amide bonds. The van der Waals surface area contributed by atoms with Crippen LogP contribution in [0, 0.1) is 0 Å². The molecule has 1 aromatic heterocycles. The van der Waals surface area contributed by atoms with E-state index < -0.39 is 0 Å². The van der Waals surface area contributed by atoms with Crippen molar-refractivity contribution in [1.29, 1.82) is 0 Å². The maximum Gasteiger partial charge on any atom is 0.191 e. The van der Waals surface area contributed by atoms with E-state index in [9.17, 15) is 0 Å². The standard InChI is InChI=1S/C15H20ClN5.HI/c1-17-15(18-8-7-12-9-20-21(2)11-12)19-10-13-5-3-4-6-14(13)16;/h3-6,9,11H,7-8,10H2,1-2H3,(H2,17,18,19);1H. The zero-order valence-corrected chi connectivity index (χ0v) is 15.8. The van der Waals surface area contributed by atoms with Crippen LogP contribution in [-0.4, -0.2) is 29.3 Å². The lowest BCUT2D eigenvalue weighted by molar-refractivity contribution is 0.764. The molecule has 0 unspecified atom stereocenters. The molecule has 0 bridgehead atoms. The van der Waals surface area contributed by atoms with Gasteiger partial charge in [-0.15, -0.1) is 24.0 Å². The van der Waals surface area contributed by atoms with Crippen LogP contribution in [0.25, 0.3) is 0 Å². The van der Waals surface area contributed by atoms with Gasteiger partial charge in [-0.1, -0.05) is 29.8 Å². The van der Waals surface area contributed by atoms with E-state index in [1.54, 1.807) is 11.7 Å². The lowest BCUT2D eigenvalue weighted by Crippen LogP contribution is -2.37. The Hall–Kier alpha value is -1.28. The molecule has 0 saturated carbocycles. The first-order chi connectivity index (χ1) is 10.2. The van der Waals surface area contributed by atoms with Crippen molar-refractivity contribution in [3.63, 3.8) is 0 Å². The van der Waals surface area contributed by atoms with E-state index in [0.717, 1.165) is 29.5 Å². The molecule has 0 saturated heterocycles. The van der Waals surface area contributed by atoms with Crippen LogP contribution < -0.4 is 10.6 Å². The van der Waals surface area contributed by atoms with Gasteiger partial charge in [-0.05, 0) is 23.6 Å². The van der Waals surface area contributed by atoms with Crippen molar-refractivity contribution in [2.75, 3.05) is 13.6 Å². The van der Waals surface area contributed by atoms with Gasteiger partial charge in [0.25, 0.3) is 0 Å². The third-order valence-corrected chi connectivity index (χ3v) is 3.46. The normalized spacial score (nSPS) is 11.0. The van der Waals surface area contributed by atoms with Gasteiger partial charge in [0.1, 0.15) is 0 Å². The summed E-state index contributed by atoms with van der Waals surface area (Å²) < 4.78 is 1.81. The maximum absolute atomic E-state index is 6.13. The van der Waals surface area contributed by atoms with Crippen molar-refractivity contribution in [2.45, 2.75) is 13.0 Å². The Bertz CT molecular complexity index is 611. The van der Waals surface area contributed by atoms with Gasteiger partial charge in [-0.2, -0.15) is 5.10 Å². The van der Waals surface area contributed by atoms with Gasteiger partial charge in [0.2, 0.25) is 0 Å². The van der Waals surface area contributed by atoms with Crippen molar-refractivity contribution >= 4 is 41.5 Å². The van der Waals surface area contributed by atoms with E-state index in [-0.39, 0.29) is 24.0 Å². The van der Waals surface area contributed by atoms with Gasteiger partial charge in [0.15, 0.2) is 5.96 Å². The summed E-state index contributed by atoms with van der Waals surface area (Å²) >= 11 is 6.13. The van der Waals surface area contributed by atoms with Gasteiger partial charge in [-0.3, -0.25) is 9.67 Å². The third-order valence-electron chi connectivity index (χ3n) is 3.09. The van der Waals surface area contributed by atoms with E-state index in [1.165, 1.54) is 5.56 Å². The number of nitrogens with one attached hydrogen (secondary N) is 2. The zero-order valence-electron chi connectivity index (χ0n) is 12.7. The lowest BCUT2D eigenvalue weighted by Gasteiger charge is -2.12. The second-order valence-electron chi connectivity index (χ2n) is 4.72. The highest BCUT2D eigenvalue weighted by molar-refractivity contribution is 14.0. The average molecular weight is 434 g/mol. The van der Waals surface area contributed by atoms with Crippen LogP contribution in [0.1, 0.15) is 11.1 Å². The predicted molar refractivity (Wildman–Crippen MR) is 102 cm³/mol. The Balaban J connectivity index is 0.00000242. The molecule has 2 rings (SSSR count). The minimum atomic E-state index is 0. The van der Waals surface area contributed by atoms with Crippen molar-refractivity contribution in [3.05, 3.63) is 52.8 Å². The van der Waals surface area contributed by atoms with E-state index in [0.29, 0.717) is 6.54 Å². The van der Waals surface area contributed by atoms with Crippen LogP contribution in [0.5, 0.6) is 0 Å². The smallest absolute Gasteiger partial charge is 0.191 e. The van der Waals surface area contributed by atoms with Crippen LogP contribution in [-0.2, 0) is 20.0 Å².